The third-order valence-corrected chi connectivity index (χ3v) is 5.66. The molecule has 0 saturated heterocycles. The summed E-state index contributed by atoms with van der Waals surface area (Å²) in [6.07, 6.45) is 3.56. The van der Waals surface area contributed by atoms with E-state index in [9.17, 15) is 9.59 Å². The fraction of sp³-hybridized carbons (Fsp3) is 0.481. The lowest BCUT2D eigenvalue weighted by molar-refractivity contribution is 0.0525. The maximum Gasteiger partial charge on any atom is 0.413 e. The lowest BCUT2D eigenvalue weighted by atomic mass is 10.2. The Bertz CT molecular complexity index is 1310. The monoisotopic (exact) mass is 579 g/mol. The fourth-order valence-corrected chi connectivity index (χ4v) is 4.09. The summed E-state index contributed by atoms with van der Waals surface area (Å²) in [7, 11) is 0. The molecular weight excluding hydrogens is 545 g/mol. The number of hydrogen-bond donors (Lipinski definition) is 2. The minimum atomic E-state index is -0.645. The van der Waals surface area contributed by atoms with Crippen molar-refractivity contribution in [1.29, 1.82) is 0 Å². The smallest absolute Gasteiger partial charge is 0.413 e. The van der Waals surface area contributed by atoms with Crippen LogP contribution in [0.3, 0.4) is 0 Å². The molecule has 212 valence electrons. The molecule has 12 heteroatoms. The van der Waals surface area contributed by atoms with Gasteiger partial charge in [-0.25, -0.2) is 19.6 Å². The van der Waals surface area contributed by atoms with Crippen LogP contribution in [0.4, 0.5) is 15.4 Å². The second kappa shape index (κ2) is 12.7. The van der Waals surface area contributed by atoms with Crippen molar-refractivity contribution in [3.63, 3.8) is 0 Å². The molecule has 0 aliphatic rings. The van der Waals surface area contributed by atoms with E-state index in [1.165, 1.54) is 0 Å². The largest absolute Gasteiger partial charge is 0.493 e. The van der Waals surface area contributed by atoms with Crippen molar-refractivity contribution in [2.24, 2.45) is 0 Å². The molecule has 39 heavy (non-hydrogen) atoms. The molecule has 3 rings (SSSR count). The highest BCUT2D eigenvalue weighted by molar-refractivity contribution is 6.35. The number of carbonyl (C=O) groups excluding carboxylic acids is 2. The van der Waals surface area contributed by atoms with Crippen molar-refractivity contribution in [2.75, 3.05) is 18.5 Å². The van der Waals surface area contributed by atoms with Gasteiger partial charge in [0.25, 0.3) is 0 Å². The zero-order chi connectivity index (χ0) is 28.8. The molecule has 0 saturated carbocycles. The number of amides is 2. The highest BCUT2D eigenvalue weighted by Gasteiger charge is 2.20. The Balaban J connectivity index is 1.67. The number of benzene rings is 1. The number of halogens is 2. The fourth-order valence-electron chi connectivity index (χ4n) is 3.56. The molecule has 2 amide bonds. The molecule has 2 aromatic heterocycles. The van der Waals surface area contributed by atoms with Gasteiger partial charge in [-0.1, -0.05) is 23.2 Å². The van der Waals surface area contributed by atoms with Crippen LogP contribution < -0.4 is 15.4 Å². The first kappa shape index (κ1) is 30.3. The first-order chi connectivity index (χ1) is 18.2. The molecule has 0 aliphatic carbocycles. The number of nitrogens with zero attached hydrogens (tertiary/aromatic N) is 3. The van der Waals surface area contributed by atoms with Gasteiger partial charge in [0.2, 0.25) is 0 Å². The van der Waals surface area contributed by atoms with Gasteiger partial charge in [-0.15, -0.1) is 0 Å². The third-order valence-electron chi connectivity index (χ3n) is 5.10. The number of ether oxygens (including phenoxy) is 3. The van der Waals surface area contributed by atoms with Crippen molar-refractivity contribution in [3.05, 3.63) is 46.3 Å². The standard InChI is InChI=1S/C27H35Cl2N5O5/c1-26(2,3)38-24(35)31-10-7-8-12-37-21-14-17(28)13-19(29)18(21)15-34-16-32-22-20(34)9-11-30-23(22)33-25(36)39-27(4,5)6/h9,11,13-14,16H,7-8,10,12,15H2,1-6H3,(H,31,35)(H,30,33,36). The van der Waals surface area contributed by atoms with E-state index in [1.807, 2.05) is 25.3 Å². The molecular formula is C27H35Cl2N5O5. The van der Waals surface area contributed by atoms with Crippen molar-refractivity contribution in [3.8, 4) is 5.75 Å². The van der Waals surface area contributed by atoms with Crippen LogP contribution in [0.15, 0.2) is 30.7 Å². The zero-order valence-corrected chi connectivity index (χ0v) is 24.6. The summed E-state index contributed by atoms with van der Waals surface area (Å²) in [5.41, 5.74) is 0.788. The van der Waals surface area contributed by atoms with Gasteiger partial charge in [-0.2, -0.15) is 0 Å². The van der Waals surface area contributed by atoms with Crippen LogP contribution in [0, 0.1) is 0 Å². The maximum absolute atomic E-state index is 12.3. The summed E-state index contributed by atoms with van der Waals surface area (Å²) in [5.74, 6) is 0.842. The van der Waals surface area contributed by atoms with E-state index in [0.29, 0.717) is 59.7 Å². The molecule has 0 fully saturated rings. The van der Waals surface area contributed by atoms with Gasteiger partial charge in [0.15, 0.2) is 5.82 Å². The number of pyridine rings is 1. The summed E-state index contributed by atoms with van der Waals surface area (Å²) < 4.78 is 18.5. The van der Waals surface area contributed by atoms with Crippen molar-refractivity contribution in [1.82, 2.24) is 19.9 Å². The Hall–Kier alpha value is -3.24. The minimum absolute atomic E-state index is 0.291. The second-order valence-electron chi connectivity index (χ2n) is 10.9. The van der Waals surface area contributed by atoms with Gasteiger partial charge in [0.05, 0.1) is 30.0 Å². The molecule has 0 radical (unpaired) electrons. The second-order valence-corrected chi connectivity index (χ2v) is 11.7. The van der Waals surface area contributed by atoms with Gasteiger partial charge in [0, 0.05) is 23.3 Å². The molecule has 0 aliphatic heterocycles. The Morgan fingerprint density at radius 3 is 2.36 bits per heavy atom. The van der Waals surface area contributed by atoms with Gasteiger partial charge in [-0.3, -0.25) is 5.32 Å². The molecule has 0 bridgehead atoms. The molecule has 0 unspecified atom stereocenters. The number of fused-ring (bicyclic) bond motifs is 1. The number of carbonyl (C=O) groups is 2. The van der Waals surface area contributed by atoms with Gasteiger partial charge >= 0.3 is 12.2 Å². The topological polar surface area (TPSA) is 117 Å². The number of aromatic nitrogens is 3. The van der Waals surface area contributed by atoms with E-state index in [2.05, 4.69) is 20.6 Å². The Morgan fingerprint density at radius 2 is 1.67 bits per heavy atom. The number of imidazole rings is 1. The Kier molecular flexibility index (Phi) is 9.90. The maximum atomic E-state index is 12.3. The third kappa shape index (κ3) is 9.47. The van der Waals surface area contributed by atoms with E-state index >= 15 is 0 Å². The molecule has 2 heterocycles. The van der Waals surface area contributed by atoms with E-state index < -0.39 is 23.4 Å². The van der Waals surface area contributed by atoms with Crippen LogP contribution in [0.25, 0.3) is 11.0 Å². The van der Waals surface area contributed by atoms with E-state index in [-0.39, 0.29) is 0 Å². The number of unbranched alkanes of at least 4 members (excludes halogenated alkanes) is 1. The predicted molar refractivity (Wildman–Crippen MR) is 152 cm³/mol. The van der Waals surface area contributed by atoms with E-state index in [0.717, 1.165) is 11.1 Å². The summed E-state index contributed by atoms with van der Waals surface area (Å²) in [6.45, 7) is 12.0. The van der Waals surface area contributed by atoms with Crippen LogP contribution in [-0.4, -0.2) is 51.1 Å². The molecule has 1 aromatic carbocycles. The van der Waals surface area contributed by atoms with Crippen LogP contribution in [-0.2, 0) is 16.0 Å². The van der Waals surface area contributed by atoms with Crippen LogP contribution in [0.2, 0.25) is 10.0 Å². The van der Waals surface area contributed by atoms with E-state index in [4.69, 9.17) is 37.4 Å². The minimum Gasteiger partial charge on any atom is -0.493 e. The number of rotatable bonds is 9. The van der Waals surface area contributed by atoms with Crippen LogP contribution in [0.1, 0.15) is 59.9 Å². The average Bonchev–Trinajstić information content (AvgIpc) is 3.19. The number of nitrogens with one attached hydrogen (secondary N) is 2. The van der Waals surface area contributed by atoms with Gasteiger partial charge in [-0.05, 0) is 72.6 Å². The summed E-state index contributed by atoms with van der Waals surface area (Å²) in [5, 5.41) is 6.30. The van der Waals surface area contributed by atoms with E-state index in [1.54, 1.807) is 51.5 Å². The number of hydrogen-bond acceptors (Lipinski definition) is 7. The van der Waals surface area contributed by atoms with Gasteiger partial charge in [0.1, 0.15) is 22.5 Å². The summed E-state index contributed by atoms with van der Waals surface area (Å²) in [6, 6.07) is 5.18. The Morgan fingerprint density at radius 1 is 0.974 bits per heavy atom. The first-order valence-corrected chi connectivity index (χ1v) is 13.3. The average molecular weight is 581 g/mol. The molecule has 10 nitrogen and oxygen atoms in total. The lowest BCUT2D eigenvalue weighted by Gasteiger charge is -2.19. The molecule has 2 N–H and O–H groups in total. The lowest BCUT2D eigenvalue weighted by Crippen LogP contribution is -2.33. The van der Waals surface area contributed by atoms with Crippen LogP contribution in [0.5, 0.6) is 5.75 Å². The Labute approximate surface area is 238 Å². The number of anilines is 1. The SMILES string of the molecule is CC(C)(C)OC(=O)NCCCCOc1cc(Cl)cc(Cl)c1Cn1cnc2c(NC(=O)OC(C)(C)C)nccc21. The predicted octanol–water partition coefficient (Wildman–Crippen LogP) is 6.82. The molecule has 0 spiro atoms. The molecule has 0 atom stereocenters. The van der Waals surface area contributed by atoms with Crippen molar-refractivity contribution >= 4 is 52.2 Å². The summed E-state index contributed by atoms with van der Waals surface area (Å²) in [4.78, 5) is 32.7. The van der Waals surface area contributed by atoms with Gasteiger partial charge < -0.3 is 24.1 Å². The highest BCUT2D eigenvalue weighted by Crippen LogP contribution is 2.33. The van der Waals surface area contributed by atoms with Crippen molar-refractivity contribution < 1.29 is 23.8 Å². The normalized spacial score (nSPS) is 11.8. The highest BCUT2D eigenvalue weighted by atomic mass is 35.5. The zero-order valence-electron chi connectivity index (χ0n) is 23.1. The van der Waals surface area contributed by atoms with Crippen LogP contribution >= 0.6 is 23.2 Å². The quantitative estimate of drug-likeness (QED) is 0.267. The molecule has 3 aromatic rings. The summed E-state index contributed by atoms with van der Waals surface area (Å²) >= 11 is 12.8. The van der Waals surface area contributed by atoms with Crippen molar-refractivity contribution in [2.45, 2.75) is 72.1 Å². The first-order valence-electron chi connectivity index (χ1n) is 12.6. The number of alkyl carbamates (subject to hydrolysis) is 1.